The molecular weight excluding hydrogens is 317 g/mol. The van der Waals surface area contributed by atoms with Gasteiger partial charge in [-0.1, -0.05) is 47.0 Å². The monoisotopic (exact) mass is 329 g/mol. The molecule has 1 aromatic carbocycles. The number of nitrogens with zero attached hydrogens (tertiary/aromatic N) is 2. The molecule has 0 aliphatic rings. The predicted octanol–water partition coefficient (Wildman–Crippen LogP) is 2.81. The van der Waals surface area contributed by atoms with Gasteiger partial charge in [-0.3, -0.25) is 4.79 Å². The van der Waals surface area contributed by atoms with E-state index in [-0.39, 0.29) is 11.7 Å². The van der Waals surface area contributed by atoms with Crippen LogP contribution in [-0.4, -0.2) is 28.1 Å². The lowest BCUT2D eigenvalue weighted by atomic mass is 10.2. The lowest BCUT2D eigenvalue weighted by molar-refractivity contribution is -0.118. The molecule has 1 aromatic heterocycles. The second-order valence-electron chi connectivity index (χ2n) is 3.73. The predicted molar refractivity (Wildman–Crippen MR) is 80.7 cm³/mol. The maximum atomic E-state index is 12.7. The fraction of sp³-hybridized carbons (Fsp3) is 0.250. The lowest BCUT2D eigenvalue weighted by Gasteiger charge is -2.04. The van der Waals surface area contributed by atoms with Crippen molar-refractivity contribution in [3.63, 3.8) is 0 Å². The molecular formula is C12H12FN3OS3. The standard InChI is InChI=1S/C12H12FN3OS3/c1-18-11-15-16-12(20-11)19-7-10(17)14-6-8-2-4-9(13)5-3-8/h2-5H,6-7H2,1H3,(H,14,17). The zero-order valence-corrected chi connectivity index (χ0v) is 13.1. The van der Waals surface area contributed by atoms with E-state index in [1.54, 1.807) is 12.1 Å². The van der Waals surface area contributed by atoms with Crippen molar-refractivity contribution in [3.05, 3.63) is 35.6 Å². The van der Waals surface area contributed by atoms with Crippen LogP contribution in [0.4, 0.5) is 4.39 Å². The second kappa shape index (κ2) is 7.61. The molecule has 0 aliphatic carbocycles. The molecule has 0 fully saturated rings. The average Bonchev–Trinajstić information content (AvgIpc) is 2.92. The first-order valence-electron chi connectivity index (χ1n) is 5.69. The van der Waals surface area contributed by atoms with Crippen molar-refractivity contribution in [2.24, 2.45) is 0 Å². The number of carbonyl (C=O) groups excluding carboxylic acids is 1. The Labute approximate surface area is 128 Å². The molecule has 2 aromatic rings. The number of nitrogens with one attached hydrogen (secondary N) is 1. The summed E-state index contributed by atoms with van der Waals surface area (Å²) in [6, 6.07) is 6.05. The van der Waals surface area contributed by atoms with Gasteiger partial charge in [-0.25, -0.2) is 4.39 Å². The molecule has 0 aliphatic heterocycles. The first-order valence-corrected chi connectivity index (χ1v) is 8.71. The minimum Gasteiger partial charge on any atom is -0.351 e. The summed E-state index contributed by atoms with van der Waals surface area (Å²) in [5.74, 6) is -0.0683. The SMILES string of the molecule is CSc1nnc(SCC(=O)NCc2ccc(F)cc2)s1. The topological polar surface area (TPSA) is 54.9 Å². The van der Waals surface area contributed by atoms with Gasteiger partial charge < -0.3 is 5.32 Å². The second-order valence-corrected chi connectivity index (χ2v) is 6.98. The van der Waals surface area contributed by atoms with E-state index in [0.29, 0.717) is 12.3 Å². The van der Waals surface area contributed by atoms with Crippen LogP contribution >= 0.6 is 34.9 Å². The van der Waals surface area contributed by atoms with Crippen molar-refractivity contribution in [1.82, 2.24) is 15.5 Å². The van der Waals surface area contributed by atoms with E-state index in [9.17, 15) is 9.18 Å². The Bertz CT molecular complexity index is 574. The summed E-state index contributed by atoms with van der Waals surface area (Å²) in [5.41, 5.74) is 0.866. The van der Waals surface area contributed by atoms with Gasteiger partial charge in [0.15, 0.2) is 8.68 Å². The highest BCUT2D eigenvalue weighted by Gasteiger charge is 2.07. The smallest absolute Gasteiger partial charge is 0.230 e. The fourth-order valence-electron chi connectivity index (χ4n) is 1.32. The van der Waals surface area contributed by atoms with Gasteiger partial charge in [0, 0.05) is 6.54 Å². The molecule has 4 nitrogen and oxygen atoms in total. The summed E-state index contributed by atoms with van der Waals surface area (Å²) in [4.78, 5) is 11.7. The molecule has 1 N–H and O–H groups in total. The largest absolute Gasteiger partial charge is 0.351 e. The van der Waals surface area contributed by atoms with Crippen molar-refractivity contribution >= 4 is 40.8 Å². The molecule has 0 unspecified atom stereocenters. The zero-order chi connectivity index (χ0) is 14.4. The quantitative estimate of drug-likeness (QED) is 0.826. The summed E-state index contributed by atoms with van der Waals surface area (Å²) in [6.07, 6.45) is 1.93. The molecule has 20 heavy (non-hydrogen) atoms. The van der Waals surface area contributed by atoms with E-state index >= 15 is 0 Å². The van der Waals surface area contributed by atoms with Gasteiger partial charge in [-0.05, 0) is 24.0 Å². The summed E-state index contributed by atoms with van der Waals surface area (Å²) in [7, 11) is 0. The minimum atomic E-state index is -0.281. The maximum absolute atomic E-state index is 12.7. The van der Waals surface area contributed by atoms with Crippen molar-refractivity contribution in [2.45, 2.75) is 15.2 Å². The molecule has 0 spiro atoms. The third-order valence-corrected chi connectivity index (χ3v) is 5.32. The summed E-state index contributed by atoms with van der Waals surface area (Å²) >= 11 is 4.37. The van der Waals surface area contributed by atoms with Crippen molar-refractivity contribution in [2.75, 3.05) is 12.0 Å². The number of hydrogen-bond acceptors (Lipinski definition) is 6. The molecule has 106 valence electrons. The Kier molecular flexibility index (Phi) is 5.81. The summed E-state index contributed by atoms with van der Waals surface area (Å²) in [6.45, 7) is 0.395. The van der Waals surface area contributed by atoms with Crippen molar-refractivity contribution in [3.8, 4) is 0 Å². The number of benzene rings is 1. The van der Waals surface area contributed by atoms with Crippen LogP contribution in [0.2, 0.25) is 0 Å². The van der Waals surface area contributed by atoms with Crippen LogP contribution in [0, 0.1) is 5.82 Å². The van der Waals surface area contributed by atoms with Crippen LogP contribution in [0.1, 0.15) is 5.56 Å². The first-order chi connectivity index (χ1) is 9.67. The van der Waals surface area contributed by atoms with Crippen LogP contribution < -0.4 is 5.32 Å². The Morgan fingerprint density at radius 3 is 2.65 bits per heavy atom. The van der Waals surface area contributed by atoms with E-state index in [1.807, 2.05) is 6.26 Å². The maximum Gasteiger partial charge on any atom is 0.230 e. The highest BCUT2D eigenvalue weighted by molar-refractivity contribution is 8.03. The van der Waals surface area contributed by atoms with Gasteiger partial charge >= 0.3 is 0 Å². The van der Waals surface area contributed by atoms with E-state index < -0.39 is 0 Å². The molecule has 1 amide bonds. The number of thioether (sulfide) groups is 2. The molecule has 1 heterocycles. The van der Waals surface area contributed by atoms with Gasteiger partial charge in [0.2, 0.25) is 5.91 Å². The molecule has 2 rings (SSSR count). The van der Waals surface area contributed by atoms with E-state index in [2.05, 4.69) is 15.5 Å². The number of aromatic nitrogens is 2. The molecule has 0 bridgehead atoms. The summed E-state index contributed by atoms with van der Waals surface area (Å²) < 4.78 is 14.4. The van der Waals surface area contributed by atoms with Crippen molar-refractivity contribution < 1.29 is 9.18 Å². The number of amides is 1. The molecule has 0 saturated carbocycles. The van der Waals surface area contributed by atoms with Crippen LogP contribution in [-0.2, 0) is 11.3 Å². The number of halogens is 1. The lowest BCUT2D eigenvalue weighted by Crippen LogP contribution is -2.24. The van der Waals surface area contributed by atoms with Gasteiger partial charge in [0.25, 0.3) is 0 Å². The van der Waals surface area contributed by atoms with Gasteiger partial charge in [0.1, 0.15) is 5.82 Å². The Hall–Kier alpha value is -1.12. The number of carbonyl (C=O) groups is 1. The third-order valence-electron chi connectivity index (χ3n) is 2.29. The first kappa shape index (κ1) is 15.3. The Morgan fingerprint density at radius 1 is 1.30 bits per heavy atom. The number of hydrogen-bond donors (Lipinski definition) is 1. The Balaban J connectivity index is 1.74. The van der Waals surface area contributed by atoms with Gasteiger partial charge in [-0.15, -0.1) is 10.2 Å². The minimum absolute atomic E-state index is 0.0831. The van der Waals surface area contributed by atoms with Gasteiger partial charge in [-0.2, -0.15) is 0 Å². The average molecular weight is 329 g/mol. The van der Waals surface area contributed by atoms with Gasteiger partial charge in [0.05, 0.1) is 5.75 Å². The van der Waals surface area contributed by atoms with Crippen molar-refractivity contribution in [1.29, 1.82) is 0 Å². The van der Waals surface area contributed by atoms with E-state index in [4.69, 9.17) is 0 Å². The Morgan fingerprint density at radius 2 is 2.00 bits per heavy atom. The number of rotatable bonds is 6. The van der Waals surface area contributed by atoms with Crippen LogP contribution in [0.15, 0.2) is 32.9 Å². The fourth-order valence-corrected chi connectivity index (χ4v) is 3.59. The van der Waals surface area contributed by atoms with Crippen LogP contribution in [0.3, 0.4) is 0 Å². The van der Waals surface area contributed by atoms with E-state index in [0.717, 1.165) is 14.2 Å². The highest BCUT2D eigenvalue weighted by atomic mass is 32.2. The van der Waals surface area contributed by atoms with E-state index in [1.165, 1.54) is 47.0 Å². The van der Waals surface area contributed by atoms with Crippen LogP contribution in [0.25, 0.3) is 0 Å². The molecule has 0 saturated heterocycles. The molecule has 0 radical (unpaired) electrons. The molecule has 8 heteroatoms. The summed E-state index contributed by atoms with van der Waals surface area (Å²) in [5, 5.41) is 10.7. The van der Waals surface area contributed by atoms with Crippen LogP contribution in [0.5, 0.6) is 0 Å². The highest BCUT2D eigenvalue weighted by Crippen LogP contribution is 2.26. The zero-order valence-electron chi connectivity index (χ0n) is 10.6. The molecule has 0 atom stereocenters. The normalized spacial score (nSPS) is 10.5. The third kappa shape index (κ3) is 4.77.